The largest absolute Gasteiger partial charge is 0.496 e. The van der Waals surface area contributed by atoms with Gasteiger partial charge in [-0.05, 0) is 11.4 Å². The minimum Gasteiger partial charge on any atom is -0.496 e. The van der Waals surface area contributed by atoms with Crippen LogP contribution in [0.4, 0.5) is 0 Å². The van der Waals surface area contributed by atoms with Crippen molar-refractivity contribution in [1.82, 2.24) is 5.32 Å². The second-order valence-electron chi connectivity index (χ2n) is 4.04. The Kier molecular flexibility index (Phi) is 3.81. The van der Waals surface area contributed by atoms with Gasteiger partial charge < -0.3 is 19.9 Å². The molecule has 2 heterocycles. The maximum absolute atomic E-state index is 10.0. The first-order chi connectivity index (χ1) is 7.73. The van der Waals surface area contributed by atoms with Crippen LogP contribution in [0.5, 0.6) is 5.75 Å². The Morgan fingerprint density at radius 2 is 2.56 bits per heavy atom. The highest BCUT2D eigenvalue weighted by atomic mass is 32.1. The molecule has 2 N–H and O–H groups in total. The monoisotopic (exact) mass is 243 g/mol. The fourth-order valence-corrected chi connectivity index (χ4v) is 2.59. The Morgan fingerprint density at radius 1 is 1.69 bits per heavy atom. The zero-order chi connectivity index (χ0) is 11.4. The highest BCUT2D eigenvalue weighted by molar-refractivity contribution is 7.10. The van der Waals surface area contributed by atoms with E-state index in [-0.39, 0.29) is 0 Å². The van der Waals surface area contributed by atoms with E-state index < -0.39 is 5.60 Å². The summed E-state index contributed by atoms with van der Waals surface area (Å²) in [5.41, 5.74) is -0.690. The molecule has 0 spiro atoms. The molecule has 1 atom stereocenters. The predicted molar refractivity (Wildman–Crippen MR) is 63.0 cm³/mol. The molecule has 1 aliphatic heterocycles. The number of rotatable bonds is 5. The number of hydrogen-bond acceptors (Lipinski definition) is 5. The molecule has 1 aromatic rings. The van der Waals surface area contributed by atoms with E-state index in [4.69, 9.17) is 9.47 Å². The maximum Gasteiger partial charge on any atom is 0.134 e. The number of methoxy groups -OCH3 is 1. The van der Waals surface area contributed by atoms with Crippen molar-refractivity contribution < 1.29 is 14.6 Å². The molecule has 4 nitrogen and oxygen atoms in total. The van der Waals surface area contributed by atoms with Crippen molar-refractivity contribution in [3.05, 3.63) is 16.3 Å². The van der Waals surface area contributed by atoms with Crippen molar-refractivity contribution in [2.24, 2.45) is 0 Å². The van der Waals surface area contributed by atoms with E-state index in [1.165, 1.54) is 0 Å². The predicted octanol–water partition coefficient (Wildman–Crippen LogP) is 0.998. The third kappa shape index (κ3) is 2.74. The van der Waals surface area contributed by atoms with Gasteiger partial charge in [-0.3, -0.25) is 0 Å². The summed E-state index contributed by atoms with van der Waals surface area (Å²) in [6, 6.07) is 1.95. The van der Waals surface area contributed by atoms with Crippen LogP contribution in [0.25, 0.3) is 0 Å². The van der Waals surface area contributed by atoms with E-state index in [1.807, 2.05) is 11.4 Å². The van der Waals surface area contributed by atoms with Crippen LogP contribution in [0.3, 0.4) is 0 Å². The minimum atomic E-state index is -0.690. The van der Waals surface area contributed by atoms with Crippen molar-refractivity contribution in [3.8, 4) is 5.75 Å². The fraction of sp³-hybridized carbons (Fsp3) is 0.636. The molecule has 2 rings (SSSR count). The lowest BCUT2D eigenvalue weighted by molar-refractivity contribution is 0.0269. The van der Waals surface area contributed by atoms with Gasteiger partial charge in [0.25, 0.3) is 0 Å². The molecule has 16 heavy (non-hydrogen) atoms. The van der Waals surface area contributed by atoms with E-state index in [2.05, 4.69) is 5.32 Å². The van der Waals surface area contributed by atoms with Gasteiger partial charge in [0.2, 0.25) is 0 Å². The molecule has 1 unspecified atom stereocenters. The average Bonchev–Trinajstić information content (AvgIpc) is 2.88. The molecule has 0 bridgehead atoms. The summed E-state index contributed by atoms with van der Waals surface area (Å²) in [6.45, 7) is 2.37. The van der Waals surface area contributed by atoms with Crippen LogP contribution in [0.1, 0.15) is 11.3 Å². The Hall–Kier alpha value is -0.620. The standard InChI is InChI=1S/C11H17NO3S/c1-14-9-2-5-16-10(9)6-12-7-11(13)3-4-15-8-11/h2,5,12-13H,3-4,6-8H2,1H3. The first-order valence-electron chi connectivity index (χ1n) is 5.35. The number of hydrogen-bond donors (Lipinski definition) is 2. The Balaban J connectivity index is 1.79. The molecular weight excluding hydrogens is 226 g/mol. The van der Waals surface area contributed by atoms with Crippen LogP contribution < -0.4 is 10.1 Å². The summed E-state index contributed by atoms with van der Waals surface area (Å²) in [5, 5.41) is 15.3. The first kappa shape index (κ1) is 11.9. The van der Waals surface area contributed by atoms with Crippen LogP contribution in [0.2, 0.25) is 0 Å². The van der Waals surface area contributed by atoms with Crippen LogP contribution in [-0.4, -0.2) is 37.6 Å². The molecule has 1 aliphatic rings. The molecule has 0 aliphatic carbocycles. The number of aliphatic hydroxyl groups is 1. The van der Waals surface area contributed by atoms with E-state index >= 15 is 0 Å². The van der Waals surface area contributed by atoms with Gasteiger partial charge in [-0.1, -0.05) is 0 Å². The number of nitrogens with one attached hydrogen (secondary N) is 1. The van der Waals surface area contributed by atoms with Crippen molar-refractivity contribution in [3.63, 3.8) is 0 Å². The Bertz CT molecular complexity index is 334. The summed E-state index contributed by atoms with van der Waals surface area (Å²) in [7, 11) is 1.67. The summed E-state index contributed by atoms with van der Waals surface area (Å²) in [6.07, 6.45) is 0.710. The molecular formula is C11H17NO3S. The van der Waals surface area contributed by atoms with Gasteiger partial charge in [0.15, 0.2) is 0 Å². The second-order valence-corrected chi connectivity index (χ2v) is 5.04. The maximum atomic E-state index is 10.0. The van der Waals surface area contributed by atoms with Gasteiger partial charge in [0, 0.05) is 26.1 Å². The zero-order valence-electron chi connectivity index (χ0n) is 9.36. The molecule has 0 radical (unpaired) electrons. The van der Waals surface area contributed by atoms with E-state index in [0.717, 1.165) is 17.2 Å². The third-order valence-electron chi connectivity index (χ3n) is 2.75. The van der Waals surface area contributed by atoms with E-state index in [1.54, 1.807) is 18.4 Å². The molecule has 5 heteroatoms. The van der Waals surface area contributed by atoms with E-state index in [0.29, 0.717) is 26.2 Å². The van der Waals surface area contributed by atoms with Crippen LogP contribution in [0.15, 0.2) is 11.4 Å². The lowest BCUT2D eigenvalue weighted by atomic mass is 10.0. The zero-order valence-corrected chi connectivity index (χ0v) is 10.2. The SMILES string of the molecule is COc1ccsc1CNCC1(O)CCOC1. The van der Waals surface area contributed by atoms with Gasteiger partial charge in [0.05, 0.1) is 18.6 Å². The molecule has 0 saturated carbocycles. The number of thiophene rings is 1. The van der Waals surface area contributed by atoms with Gasteiger partial charge in [-0.25, -0.2) is 0 Å². The van der Waals surface area contributed by atoms with Crippen molar-refractivity contribution in [2.75, 3.05) is 26.9 Å². The summed E-state index contributed by atoms with van der Waals surface area (Å²) in [5.74, 6) is 0.909. The van der Waals surface area contributed by atoms with Gasteiger partial charge >= 0.3 is 0 Å². The summed E-state index contributed by atoms with van der Waals surface area (Å²) < 4.78 is 10.4. The highest BCUT2D eigenvalue weighted by Gasteiger charge is 2.31. The van der Waals surface area contributed by atoms with Gasteiger partial charge in [-0.2, -0.15) is 0 Å². The van der Waals surface area contributed by atoms with Crippen LogP contribution >= 0.6 is 11.3 Å². The van der Waals surface area contributed by atoms with Gasteiger partial charge in [-0.15, -0.1) is 11.3 Å². The number of ether oxygens (including phenoxy) is 2. The second kappa shape index (κ2) is 5.14. The molecule has 1 saturated heterocycles. The lowest BCUT2D eigenvalue weighted by Crippen LogP contribution is -2.40. The fourth-order valence-electron chi connectivity index (χ4n) is 1.78. The smallest absolute Gasteiger partial charge is 0.134 e. The van der Waals surface area contributed by atoms with Crippen LogP contribution in [-0.2, 0) is 11.3 Å². The van der Waals surface area contributed by atoms with E-state index in [9.17, 15) is 5.11 Å². The Morgan fingerprint density at radius 3 is 3.25 bits per heavy atom. The van der Waals surface area contributed by atoms with Gasteiger partial charge in [0.1, 0.15) is 11.4 Å². The Labute approximate surface area is 99.2 Å². The molecule has 0 aromatic carbocycles. The van der Waals surface area contributed by atoms with Crippen molar-refractivity contribution >= 4 is 11.3 Å². The first-order valence-corrected chi connectivity index (χ1v) is 6.23. The van der Waals surface area contributed by atoms with Crippen molar-refractivity contribution in [1.29, 1.82) is 0 Å². The molecule has 1 aromatic heterocycles. The average molecular weight is 243 g/mol. The molecule has 1 fully saturated rings. The molecule has 90 valence electrons. The summed E-state index contributed by atoms with van der Waals surface area (Å²) in [4.78, 5) is 1.16. The van der Waals surface area contributed by atoms with Crippen LogP contribution in [0, 0.1) is 0 Å². The minimum absolute atomic E-state index is 0.432. The third-order valence-corrected chi connectivity index (χ3v) is 3.65. The van der Waals surface area contributed by atoms with Crippen molar-refractivity contribution in [2.45, 2.75) is 18.6 Å². The lowest BCUT2D eigenvalue weighted by Gasteiger charge is -2.20. The quantitative estimate of drug-likeness (QED) is 0.810. The normalized spacial score (nSPS) is 24.9. The topological polar surface area (TPSA) is 50.7 Å². The molecule has 0 amide bonds. The highest BCUT2D eigenvalue weighted by Crippen LogP contribution is 2.24. The summed E-state index contributed by atoms with van der Waals surface area (Å²) >= 11 is 1.66.